The summed E-state index contributed by atoms with van der Waals surface area (Å²) < 4.78 is 9.86. The van der Waals surface area contributed by atoms with E-state index in [2.05, 4.69) is 0 Å². The van der Waals surface area contributed by atoms with Crippen LogP contribution in [0.4, 0.5) is 0 Å². The van der Waals surface area contributed by atoms with Gasteiger partial charge in [-0.3, -0.25) is 5.73 Å². The van der Waals surface area contributed by atoms with E-state index in [1.165, 1.54) is 7.11 Å². The summed E-state index contributed by atoms with van der Waals surface area (Å²) in [6.07, 6.45) is -0.947. The minimum Gasteiger partial charge on any atom is -0.479 e. The molecule has 0 saturated heterocycles. The smallest absolute Gasteiger partial charge is 0.337 e. The molecule has 0 spiro atoms. The van der Waals surface area contributed by atoms with Gasteiger partial charge in [0, 0.05) is 7.11 Å². The number of carbonyl (C=O) groups is 1. The summed E-state index contributed by atoms with van der Waals surface area (Å²) in [7, 11) is 1.35. The minimum absolute atomic E-state index is 0.0893. The molecular formula is C10H13NO4. The number of rotatable bonds is 5. The Morgan fingerprint density at radius 2 is 2.07 bits per heavy atom. The van der Waals surface area contributed by atoms with Crippen LogP contribution in [0.3, 0.4) is 0 Å². The van der Waals surface area contributed by atoms with Crippen molar-refractivity contribution in [2.45, 2.75) is 6.10 Å². The fraction of sp³-hybridized carbons (Fsp3) is 0.300. The molecule has 0 heterocycles. The lowest BCUT2D eigenvalue weighted by Gasteiger charge is -2.11. The minimum atomic E-state index is -1.02. The molecule has 1 aromatic carbocycles. The van der Waals surface area contributed by atoms with Crippen molar-refractivity contribution in [1.82, 2.24) is 0 Å². The van der Waals surface area contributed by atoms with Crippen LogP contribution in [0.2, 0.25) is 0 Å². The van der Waals surface area contributed by atoms with Gasteiger partial charge >= 0.3 is 5.97 Å². The molecule has 3 N–H and O–H groups in total. The highest BCUT2D eigenvalue weighted by Gasteiger charge is 2.18. The monoisotopic (exact) mass is 211 g/mol. The summed E-state index contributed by atoms with van der Waals surface area (Å²) in [6, 6.07) is 6.56. The number of nitrogens with two attached hydrogens (primary N) is 1. The standard InChI is InChI=1S/C10H13NO4/c1-14-9(10(12)13)7-2-4-8(5-3-7)15-6-11/h2-5,9H,6,11H2,1H3,(H,12,13). The van der Waals surface area contributed by atoms with Crippen LogP contribution in [-0.4, -0.2) is 24.9 Å². The van der Waals surface area contributed by atoms with E-state index in [1.54, 1.807) is 24.3 Å². The van der Waals surface area contributed by atoms with Crippen LogP contribution in [0.15, 0.2) is 24.3 Å². The first kappa shape index (κ1) is 11.5. The Labute approximate surface area is 87.4 Å². The maximum Gasteiger partial charge on any atom is 0.337 e. The molecule has 15 heavy (non-hydrogen) atoms. The molecule has 82 valence electrons. The van der Waals surface area contributed by atoms with Crippen LogP contribution in [-0.2, 0) is 9.53 Å². The first-order valence-corrected chi connectivity index (χ1v) is 4.37. The van der Waals surface area contributed by atoms with E-state index in [0.717, 1.165) is 0 Å². The average Bonchev–Trinajstić information content (AvgIpc) is 2.21. The fourth-order valence-electron chi connectivity index (χ4n) is 1.21. The van der Waals surface area contributed by atoms with Gasteiger partial charge in [0.15, 0.2) is 6.10 Å². The number of carboxylic acid groups (broad SMARTS) is 1. The normalized spacial score (nSPS) is 12.1. The fourth-order valence-corrected chi connectivity index (χ4v) is 1.21. The highest BCUT2D eigenvalue weighted by molar-refractivity contribution is 5.74. The molecule has 5 nitrogen and oxygen atoms in total. The van der Waals surface area contributed by atoms with Gasteiger partial charge in [-0.05, 0) is 17.7 Å². The molecule has 1 unspecified atom stereocenters. The summed E-state index contributed by atoms with van der Waals surface area (Å²) in [5, 5.41) is 8.82. The first-order chi connectivity index (χ1) is 7.19. The second-order valence-electron chi connectivity index (χ2n) is 2.83. The van der Waals surface area contributed by atoms with E-state index < -0.39 is 12.1 Å². The molecule has 0 aliphatic carbocycles. The average molecular weight is 211 g/mol. The summed E-state index contributed by atoms with van der Waals surface area (Å²) in [5.74, 6) is -0.425. The molecule has 1 aromatic rings. The quantitative estimate of drug-likeness (QED) is 0.702. The summed E-state index contributed by atoms with van der Waals surface area (Å²) in [5.41, 5.74) is 5.76. The van der Waals surface area contributed by atoms with Crippen LogP contribution < -0.4 is 10.5 Å². The predicted octanol–water partition coefficient (Wildman–Crippen LogP) is 0.754. The van der Waals surface area contributed by atoms with Gasteiger partial charge in [0.05, 0.1) is 0 Å². The Bertz CT molecular complexity index is 323. The highest BCUT2D eigenvalue weighted by Crippen LogP contribution is 2.20. The van der Waals surface area contributed by atoms with Gasteiger partial charge < -0.3 is 14.6 Å². The lowest BCUT2D eigenvalue weighted by Crippen LogP contribution is -2.13. The number of hydrogen-bond acceptors (Lipinski definition) is 4. The summed E-state index contributed by atoms with van der Waals surface area (Å²) in [6.45, 7) is 0.0893. The molecule has 5 heteroatoms. The van der Waals surface area contributed by atoms with Gasteiger partial charge in [-0.15, -0.1) is 0 Å². The van der Waals surface area contributed by atoms with Crippen LogP contribution in [0.1, 0.15) is 11.7 Å². The number of ether oxygens (including phenoxy) is 2. The summed E-state index contributed by atoms with van der Waals surface area (Å²) in [4.78, 5) is 10.8. The number of aliphatic carboxylic acids is 1. The number of methoxy groups -OCH3 is 1. The van der Waals surface area contributed by atoms with Crippen molar-refractivity contribution >= 4 is 5.97 Å². The Balaban J connectivity index is 2.82. The molecule has 0 amide bonds. The largest absolute Gasteiger partial charge is 0.479 e. The predicted molar refractivity (Wildman–Crippen MR) is 53.5 cm³/mol. The lowest BCUT2D eigenvalue weighted by molar-refractivity contribution is -0.148. The number of benzene rings is 1. The topological polar surface area (TPSA) is 81.8 Å². The van der Waals surface area contributed by atoms with Crippen molar-refractivity contribution in [3.8, 4) is 5.75 Å². The molecule has 0 aromatic heterocycles. The lowest BCUT2D eigenvalue weighted by atomic mass is 10.1. The molecule has 0 aliphatic rings. The van der Waals surface area contributed by atoms with Gasteiger partial charge in [-0.1, -0.05) is 12.1 Å². The van der Waals surface area contributed by atoms with E-state index in [0.29, 0.717) is 11.3 Å². The Morgan fingerprint density at radius 3 is 2.47 bits per heavy atom. The van der Waals surface area contributed by atoms with E-state index in [-0.39, 0.29) is 6.73 Å². The Kier molecular flexibility index (Phi) is 4.08. The zero-order valence-electron chi connectivity index (χ0n) is 8.34. The zero-order chi connectivity index (χ0) is 11.3. The summed E-state index contributed by atoms with van der Waals surface area (Å²) >= 11 is 0. The van der Waals surface area contributed by atoms with E-state index in [4.69, 9.17) is 20.3 Å². The van der Waals surface area contributed by atoms with Crippen molar-refractivity contribution < 1.29 is 19.4 Å². The van der Waals surface area contributed by atoms with Gasteiger partial charge in [0.2, 0.25) is 0 Å². The van der Waals surface area contributed by atoms with Crippen molar-refractivity contribution in [3.05, 3.63) is 29.8 Å². The third kappa shape index (κ3) is 2.93. The van der Waals surface area contributed by atoms with Crippen LogP contribution >= 0.6 is 0 Å². The van der Waals surface area contributed by atoms with Crippen molar-refractivity contribution in [3.63, 3.8) is 0 Å². The maximum atomic E-state index is 10.8. The molecule has 0 radical (unpaired) electrons. The van der Waals surface area contributed by atoms with Gasteiger partial charge in [0.25, 0.3) is 0 Å². The Hall–Kier alpha value is -1.59. The van der Waals surface area contributed by atoms with E-state index in [1.807, 2.05) is 0 Å². The van der Waals surface area contributed by atoms with E-state index in [9.17, 15) is 4.79 Å². The van der Waals surface area contributed by atoms with Crippen LogP contribution in [0.5, 0.6) is 5.75 Å². The molecule has 1 atom stereocenters. The molecule has 0 saturated carbocycles. The second-order valence-corrected chi connectivity index (χ2v) is 2.83. The van der Waals surface area contributed by atoms with Gasteiger partial charge in [-0.2, -0.15) is 0 Å². The maximum absolute atomic E-state index is 10.8. The Morgan fingerprint density at radius 1 is 1.47 bits per heavy atom. The highest BCUT2D eigenvalue weighted by atomic mass is 16.5. The van der Waals surface area contributed by atoms with E-state index >= 15 is 0 Å². The van der Waals surface area contributed by atoms with Crippen molar-refractivity contribution in [2.75, 3.05) is 13.8 Å². The number of carboxylic acids is 1. The first-order valence-electron chi connectivity index (χ1n) is 4.37. The van der Waals surface area contributed by atoms with Crippen molar-refractivity contribution in [1.29, 1.82) is 0 Å². The molecular weight excluding hydrogens is 198 g/mol. The second kappa shape index (κ2) is 5.33. The molecule has 0 bridgehead atoms. The SMILES string of the molecule is COC(C(=O)O)c1ccc(OCN)cc1. The van der Waals surface area contributed by atoms with Crippen LogP contribution in [0.25, 0.3) is 0 Å². The third-order valence-electron chi connectivity index (χ3n) is 1.89. The van der Waals surface area contributed by atoms with Crippen molar-refractivity contribution in [2.24, 2.45) is 5.73 Å². The van der Waals surface area contributed by atoms with Crippen LogP contribution in [0, 0.1) is 0 Å². The van der Waals surface area contributed by atoms with Gasteiger partial charge in [-0.25, -0.2) is 4.79 Å². The third-order valence-corrected chi connectivity index (χ3v) is 1.89. The molecule has 0 fully saturated rings. The molecule has 1 rings (SSSR count). The number of hydrogen-bond donors (Lipinski definition) is 2. The molecule has 0 aliphatic heterocycles. The zero-order valence-corrected chi connectivity index (χ0v) is 8.34. The van der Waals surface area contributed by atoms with Gasteiger partial charge in [0.1, 0.15) is 12.5 Å².